The first-order valence-corrected chi connectivity index (χ1v) is 13.7. The smallest absolute Gasteiger partial charge is 0.411 e. The summed E-state index contributed by atoms with van der Waals surface area (Å²) in [6.45, 7) is 2.84. The van der Waals surface area contributed by atoms with E-state index in [2.05, 4.69) is 9.71 Å². The van der Waals surface area contributed by atoms with Crippen molar-refractivity contribution in [2.75, 3.05) is 19.3 Å². The molecule has 1 aromatic heterocycles. The summed E-state index contributed by atoms with van der Waals surface area (Å²) in [7, 11) is -3.26. The highest BCUT2D eigenvalue weighted by Crippen LogP contribution is 2.40. The van der Waals surface area contributed by atoms with Gasteiger partial charge in [0.1, 0.15) is 5.60 Å². The average molecular weight is 494 g/mol. The van der Waals surface area contributed by atoms with Crippen LogP contribution in [0.5, 0.6) is 0 Å². The zero-order valence-corrected chi connectivity index (χ0v) is 20.9. The molecule has 2 aromatic carbocycles. The number of nitrogens with zero attached hydrogens (tertiary/aromatic N) is 2. The zero-order chi connectivity index (χ0) is 24.9. The summed E-state index contributed by atoms with van der Waals surface area (Å²) >= 11 is 0. The Labute approximate surface area is 207 Å². The van der Waals surface area contributed by atoms with Crippen molar-refractivity contribution in [1.82, 2.24) is 14.6 Å². The van der Waals surface area contributed by atoms with Gasteiger partial charge in [0.25, 0.3) is 0 Å². The van der Waals surface area contributed by atoms with Crippen molar-refractivity contribution in [2.24, 2.45) is 0 Å². The molecule has 1 aliphatic rings. The van der Waals surface area contributed by atoms with Crippen molar-refractivity contribution in [3.8, 4) is 11.3 Å². The van der Waals surface area contributed by atoms with Crippen LogP contribution in [0.3, 0.4) is 0 Å². The van der Waals surface area contributed by atoms with Gasteiger partial charge in [-0.3, -0.25) is 4.98 Å². The number of cyclic esters (lactones) is 1. The second-order valence-corrected chi connectivity index (χ2v) is 10.8. The highest BCUT2D eigenvalue weighted by atomic mass is 32.2. The van der Waals surface area contributed by atoms with Crippen molar-refractivity contribution in [3.63, 3.8) is 0 Å². The van der Waals surface area contributed by atoms with Gasteiger partial charge in [0.2, 0.25) is 10.0 Å². The maximum atomic E-state index is 13.3. The quantitative estimate of drug-likeness (QED) is 0.429. The molecule has 1 saturated heterocycles. The van der Waals surface area contributed by atoms with Crippen LogP contribution in [-0.2, 0) is 20.4 Å². The number of aromatic nitrogens is 1. The van der Waals surface area contributed by atoms with Gasteiger partial charge in [-0.2, -0.15) is 0 Å². The Hall–Kier alpha value is -3.23. The second kappa shape index (κ2) is 10.6. The fourth-order valence-electron chi connectivity index (χ4n) is 4.56. The number of hydrogen-bond donors (Lipinski definition) is 1. The molecule has 1 aliphatic heterocycles. The molecule has 35 heavy (non-hydrogen) atoms. The van der Waals surface area contributed by atoms with Crippen molar-refractivity contribution < 1.29 is 17.9 Å². The second-order valence-electron chi connectivity index (χ2n) is 8.95. The van der Waals surface area contributed by atoms with Gasteiger partial charge >= 0.3 is 6.09 Å². The Balaban J connectivity index is 1.47. The maximum Gasteiger partial charge on any atom is 0.411 e. The number of carbonyl (C=O) groups excluding carboxylic acids is 1. The zero-order valence-electron chi connectivity index (χ0n) is 20.1. The number of amides is 1. The predicted molar refractivity (Wildman–Crippen MR) is 136 cm³/mol. The van der Waals surface area contributed by atoms with Crippen LogP contribution in [0.1, 0.15) is 43.4 Å². The normalized spacial score (nSPS) is 19.3. The Morgan fingerprint density at radius 2 is 1.77 bits per heavy atom. The summed E-state index contributed by atoms with van der Waals surface area (Å²) in [5.74, 6) is 0. The first-order chi connectivity index (χ1) is 16.8. The van der Waals surface area contributed by atoms with E-state index in [0.29, 0.717) is 32.4 Å². The number of pyridine rings is 1. The first-order valence-electron chi connectivity index (χ1n) is 11.8. The average Bonchev–Trinajstić information content (AvgIpc) is 2.87. The molecule has 0 bridgehead atoms. The van der Waals surface area contributed by atoms with Crippen LogP contribution in [0.15, 0.2) is 79.0 Å². The Morgan fingerprint density at radius 1 is 1.06 bits per heavy atom. The van der Waals surface area contributed by atoms with E-state index < -0.39 is 15.6 Å². The largest absolute Gasteiger partial charge is 0.438 e. The van der Waals surface area contributed by atoms with Gasteiger partial charge in [-0.25, -0.2) is 17.9 Å². The number of sulfonamides is 1. The van der Waals surface area contributed by atoms with Gasteiger partial charge in [-0.15, -0.1) is 0 Å². The molecule has 1 amide bonds. The topological polar surface area (TPSA) is 88.6 Å². The van der Waals surface area contributed by atoms with Crippen LogP contribution < -0.4 is 4.72 Å². The lowest BCUT2D eigenvalue weighted by Gasteiger charge is -2.43. The molecule has 0 radical (unpaired) electrons. The summed E-state index contributed by atoms with van der Waals surface area (Å²) < 4.78 is 31.5. The molecule has 0 spiro atoms. The van der Waals surface area contributed by atoms with E-state index in [9.17, 15) is 13.2 Å². The molecule has 8 heteroatoms. The Bertz CT molecular complexity index is 1230. The van der Waals surface area contributed by atoms with Crippen molar-refractivity contribution in [1.29, 1.82) is 0 Å². The lowest BCUT2D eigenvalue weighted by Crippen LogP contribution is -2.49. The Morgan fingerprint density at radius 3 is 2.40 bits per heavy atom. The SMILES string of the molecule is C[C@@H](c1ccc(-c2ccccn2)cc1)N1CC[C@@](CCCNS(C)(=O)=O)(c2ccccc2)OC1=O. The van der Waals surface area contributed by atoms with E-state index >= 15 is 0 Å². The highest BCUT2D eigenvalue weighted by Gasteiger charge is 2.43. The van der Waals surface area contributed by atoms with Gasteiger partial charge in [-0.1, -0.05) is 60.7 Å². The van der Waals surface area contributed by atoms with Crippen LogP contribution in [0.4, 0.5) is 4.79 Å². The molecule has 1 N–H and O–H groups in total. The van der Waals surface area contributed by atoms with E-state index in [-0.39, 0.29) is 12.1 Å². The number of nitrogens with one attached hydrogen (secondary N) is 1. The van der Waals surface area contributed by atoms with Gasteiger partial charge in [0.05, 0.1) is 18.0 Å². The minimum atomic E-state index is -3.26. The number of benzene rings is 2. The third kappa shape index (κ3) is 6.07. The highest BCUT2D eigenvalue weighted by molar-refractivity contribution is 7.88. The molecular weight excluding hydrogens is 462 g/mol. The Kier molecular flexibility index (Phi) is 7.52. The molecule has 1 fully saturated rings. The van der Waals surface area contributed by atoms with Crippen LogP contribution in [-0.4, -0.2) is 43.7 Å². The molecule has 0 aliphatic carbocycles. The fraction of sp³-hybridized carbons (Fsp3) is 0.333. The minimum Gasteiger partial charge on any atom is -0.438 e. The van der Waals surface area contributed by atoms with Crippen LogP contribution in [0.2, 0.25) is 0 Å². The number of ether oxygens (including phenoxy) is 1. The van der Waals surface area contributed by atoms with E-state index in [1.807, 2.05) is 79.7 Å². The number of rotatable bonds is 9. The molecule has 0 saturated carbocycles. The first kappa shape index (κ1) is 24.9. The summed E-state index contributed by atoms with van der Waals surface area (Å²) in [6, 6.07) is 23.5. The van der Waals surface area contributed by atoms with Crippen molar-refractivity contribution in [2.45, 2.75) is 37.8 Å². The molecular formula is C27H31N3O4S. The lowest BCUT2D eigenvalue weighted by atomic mass is 9.84. The standard InChI is InChI=1S/C27H31N3O4S/c1-21(22-12-14-23(15-13-22)25-11-6-7-18-28-25)30-20-17-27(34-26(30)31,24-9-4-3-5-10-24)16-8-19-29-35(2,32)33/h3-7,9-15,18,21,29H,8,16-17,19-20H2,1-2H3/t21-,27-/m0/s1. The predicted octanol–water partition coefficient (Wildman–Crippen LogP) is 4.88. The summed E-state index contributed by atoms with van der Waals surface area (Å²) in [5.41, 5.74) is 3.10. The lowest BCUT2D eigenvalue weighted by molar-refractivity contribution is -0.0662. The molecule has 2 heterocycles. The molecule has 3 aromatic rings. The maximum absolute atomic E-state index is 13.3. The fourth-order valence-corrected chi connectivity index (χ4v) is 5.08. The number of hydrogen-bond acceptors (Lipinski definition) is 5. The van der Waals surface area contributed by atoms with Gasteiger partial charge in [0, 0.05) is 31.3 Å². The third-order valence-electron chi connectivity index (χ3n) is 6.52. The molecule has 7 nitrogen and oxygen atoms in total. The third-order valence-corrected chi connectivity index (χ3v) is 7.25. The van der Waals surface area contributed by atoms with E-state index in [1.165, 1.54) is 0 Å². The van der Waals surface area contributed by atoms with Gasteiger partial charge < -0.3 is 9.64 Å². The molecule has 0 unspecified atom stereocenters. The summed E-state index contributed by atoms with van der Waals surface area (Å²) in [6.07, 6.45) is 4.26. The van der Waals surface area contributed by atoms with Crippen LogP contribution in [0.25, 0.3) is 11.3 Å². The van der Waals surface area contributed by atoms with E-state index in [0.717, 1.165) is 28.6 Å². The monoisotopic (exact) mass is 493 g/mol. The van der Waals surface area contributed by atoms with Gasteiger partial charge in [-0.05, 0) is 43.0 Å². The molecule has 4 rings (SSSR count). The van der Waals surface area contributed by atoms with E-state index in [4.69, 9.17) is 4.74 Å². The van der Waals surface area contributed by atoms with Crippen LogP contribution in [0, 0.1) is 0 Å². The van der Waals surface area contributed by atoms with Gasteiger partial charge in [0.15, 0.2) is 0 Å². The molecule has 2 atom stereocenters. The molecule has 184 valence electrons. The van der Waals surface area contributed by atoms with E-state index in [1.54, 1.807) is 11.1 Å². The summed E-state index contributed by atoms with van der Waals surface area (Å²) in [4.78, 5) is 19.4. The number of carbonyl (C=O) groups is 1. The van der Waals surface area contributed by atoms with Crippen LogP contribution >= 0.6 is 0 Å². The van der Waals surface area contributed by atoms with Crippen molar-refractivity contribution >= 4 is 16.1 Å². The minimum absolute atomic E-state index is 0.152. The summed E-state index contributed by atoms with van der Waals surface area (Å²) in [5, 5.41) is 0. The van der Waals surface area contributed by atoms with Crippen molar-refractivity contribution in [3.05, 3.63) is 90.1 Å².